The third kappa shape index (κ3) is 7.20. The van der Waals surface area contributed by atoms with E-state index in [0.29, 0.717) is 17.9 Å². The molecular formula is C28H34O7. The summed E-state index contributed by atoms with van der Waals surface area (Å²) in [6.07, 6.45) is 0.917. The van der Waals surface area contributed by atoms with Crippen LogP contribution in [-0.4, -0.2) is 48.1 Å². The predicted octanol–water partition coefficient (Wildman–Crippen LogP) is 4.67. The summed E-state index contributed by atoms with van der Waals surface area (Å²) in [5.74, 6) is -0.391. The molecule has 2 unspecified atom stereocenters. The van der Waals surface area contributed by atoms with Crippen LogP contribution >= 0.6 is 0 Å². The quantitative estimate of drug-likeness (QED) is 0.316. The van der Waals surface area contributed by atoms with Crippen molar-refractivity contribution in [1.82, 2.24) is 0 Å². The van der Waals surface area contributed by atoms with E-state index in [9.17, 15) is 19.8 Å². The molecular weight excluding hydrogens is 448 g/mol. The molecule has 0 heterocycles. The minimum absolute atomic E-state index is 0.0748. The molecule has 7 heteroatoms. The second kappa shape index (κ2) is 12.8. The lowest BCUT2D eigenvalue weighted by atomic mass is 9.69. The van der Waals surface area contributed by atoms with Crippen molar-refractivity contribution in [2.45, 2.75) is 45.6 Å². The zero-order chi connectivity index (χ0) is 26.0. The first-order chi connectivity index (χ1) is 16.6. The van der Waals surface area contributed by atoms with Crippen molar-refractivity contribution in [2.75, 3.05) is 19.8 Å². The maximum atomic E-state index is 12.3. The van der Waals surface area contributed by atoms with Crippen molar-refractivity contribution in [3.8, 4) is 11.5 Å². The smallest absolute Gasteiger partial charge is 0.332 e. The standard InChI is InChI=1S/C28H34O7/c1-6-16-33-23-12-8-20(9-13-23)28(5,26(19(3)4)27(31)32)21-10-14-24(15-11-21)34-17-22(29)18-35-25(30)7-2/h7-15,22,29H,2,6,16-18H2,1,3-5H3,(H,31,32). The summed E-state index contributed by atoms with van der Waals surface area (Å²) in [7, 11) is 0. The number of allylic oxidation sites excluding steroid dienone is 1. The molecule has 0 radical (unpaired) electrons. The van der Waals surface area contributed by atoms with Gasteiger partial charge in [0.1, 0.15) is 30.8 Å². The monoisotopic (exact) mass is 482 g/mol. The molecule has 0 aromatic heterocycles. The second-order valence-electron chi connectivity index (χ2n) is 8.50. The molecule has 2 N–H and O–H groups in total. The van der Waals surface area contributed by atoms with Crippen LogP contribution in [0.3, 0.4) is 0 Å². The Bertz CT molecular complexity index is 1030. The van der Waals surface area contributed by atoms with Crippen molar-refractivity contribution in [3.63, 3.8) is 0 Å². The largest absolute Gasteiger partial charge is 0.494 e. The van der Waals surface area contributed by atoms with E-state index in [4.69, 9.17) is 14.2 Å². The van der Waals surface area contributed by atoms with Crippen LogP contribution in [0.2, 0.25) is 0 Å². The zero-order valence-electron chi connectivity index (χ0n) is 20.7. The summed E-state index contributed by atoms with van der Waals surface area (Å²) in [6, 6.07) is 14.6. The van der Waals surface area contributed by atoms with Gasteiger partial charge in [0.25, 0.3) is 0 Å². The van der Waals surface area contributed by atoms with E-state index in [1.54, 1.807) is 26.0 Å². The third-order valence-electron chi connectivity index (χ3n) is 5.58. The van der Waals surface area contributed by atoms with Gasteiger partial charge in [-0.3, -0.25) is 0 Å². The van der Waals surface area contributed by atoms with E-state index in [0.717, 1.165) is 29.4 Å². The Balaban J connectivity index is 2.32. The summed E-state index contributed by atoms with van der Waals surface area (Å²) in [5, 5.41) is 20.0. The summed E-state index contributed by atoms with van der Waals surface area (Å²) >= 11 is 0. The van der Waals surface area contributed by atoms with E-state index < -0.39 is 23.5 Å². The molecule has 35 heavy (non-hydrogen) atoms. The van der Waals surface area contributed by atoms with Crippen molar-refractivity contribution in [3.05, 3.63) is 83.5 Å². The molecule has 0 aliphatic rings. The number of carbonyl (C=O) groups excluding carboxylic acids is 1. The number of aliphatic carboxylic acids is 1. The Kier molecular flexibility index (Phi) is 10.1. The number of rotatable bonds is 13. The Labute approximate surface area is 206 Å². The summed E-state index contributed by atoms with van der Waals surface area (Å²) in [6.45, 7) is 11.1. The molecule has 2 aromatic rings. The predicted molar refractivity (Wildman–Crippen MR) is 134 cm³/mol. The van der Waals surface area contributed by atoms with Crippen LogP contribution in [0.4, 0.5) is 0 Å². The van der Waals surface area contributed by atoms with E-state index in [2.05, 4.69) is 6.58 Å². The van der Waals surface area contributed by atoms with Crippen molar-refractivity contribution >= 4 is 11.9 Å². The molecule has 2 atom stereocenters. The summed E-state index contributed by atoms with van der Waals surface area (Å²) < 4.78 is 16.1. The van der Waals surface area contributed by atoms with Crippen LogP contribution < -0.4 is 9.47 Å². The highest BCUT2D eigenvalue weighted by molar-refractivity contribution is 5.92. The van der Waals surface area contributed by atoms with Crippen LogP contribution in [-0.2, 0) is 19.7 Å². The minimum atomic E-state index is -0.999. The molecule has 0 saturated heterocycles. The van der Waals surface area contributed by atoms with Gasteiger partial charge in [0.2, 0.25) is 0 Å². The number of hydrogen-bond donors (Lipinski definition) is 2. The highest BCUT2D eigenvalue weighted by Crippen LogP contribution is 2.41. The van der Waals surface area contributed by atoms with Crippen LogP contribution in [0.1, 0.15) is 45.2 Å². The fourth-order valence-electron chi connectivity index (χ4n) is 3.85. The van der Waals surface area contributed by atoms with Crippen LogP contribution in [0.25, 0.3) is 0 Å². The highest BCUT2D eigenvalue weighted by atomic mass is 16.5. The Morgan fingerprint density at radius 3 is 1.91 bits per heavy atom. The molecule has 0 spiro atoms. The third-order valence-corrected chi connectivity index (χ3v) is 5.58. The van der Waals surface area contributed by atoms with Crippen LogP contribution in [0.15, 0.2) is 72.3 Å². The Morgan fingerprint density at radius 2 is 1.49 bits per heavy atom. The summed E-state index contributed by atoms with van der Waals surface area (Å²) in [4.78, 5) is 23.5. The number of aliphatic hydroxyl groups excluding tert-OH is 1. The molecule has 2 rings (SSSR count). The minimum Gasteiger partial charge on any atom is -0.494 e. The van der Waals surface area contributed by atoms with Crippen LogP contribution in [0.5, 0.6) is 11.5 Å². The van der Waals surface area contributed by atoms with Gasteiger partial charge in [-0.2, -0.15) is 0 Å². The first kappa shape index (κ1) is 27.7. The van der Waals surface area contributed by atoms with Gasteiger partial charge in [-0.15, -0.1) is 0 Å². The second-order valence-corrected chi connectivity index (χ2v) is 8.50. The van der Waals surface area contributed by atoms with Crippen molar-refractivity contribution in [1.29, 1.82) is 0 Å². The number of carboxylic acid groups (broad SMARTS) is 1. The first-order valence-corrected chi connectivity index (χ1v) is 11.5. The number of hydrogen-bond acceptors (Lipinski definition) is 6. The highest BCUT2D eigenvalue weighted by Gasteiger charge is 2.38. The molecule has 188 valence electrons. The topological polar surface area (TPSA) is 102 Å². The number of esters is 1. The van der Waals surface area contributed by atoms with E-state index in [1.165, 1.54) is 0 Å². The Morgan fingerprint density at radius 1 is 0.971 bits per heavy atom. The maximum absolute atomic E-state index is 12.3. The van der Waals surface area contributed by atoms with E-state index in [1.807, 2.05) is 50.2 Å². The van der Waals surface area contributed by atoms with Crippen molar-refractivity contribution in [2.24, 2.45) is 0 Å². The number of carbonyl (C=O) groups is 2. The number of benzene rings is 2. The van der Waals surface area contributed by atoms with Gasteiger partial charge in [-0.05, 0) is 62.6 Å². The van der Waals surface area contributed by atoms with Gasteiger partial charge in [0, 0.05) is 11.5 Å². The lowest BCUT2D eigenvalue weighted by Gasteiger charge is -2.33. The van der Waals surface area contributed by atoms with Gasteiger partial charge in [-0.1, -0.05) is 43.3 Å². The molecule has 0 aliphatic carbocycles. The van der Waals surface area contributed by atoms with Gasteiger partial charge in [0.05, 0.1) is 12.2 Å². The fourth-order valence-corrected chi connectivity index (χ4v) is 3.85. The molecule has 0 amide bonds. The van der Waals surface area contributed by atoms with Gasteiger partial charge in [0.15, 0.2) is 0 Å². The lowest BCUT2D eigenvalue weighted by Crippen LogP contribution is -2.31. The molecule has 0 aliphatic heterocycles. The molecule has 0 bridgehead atoms. The van der Waals surface area contributed by atoms with Crippen LogP contribution in [0, 0.1) is 0 Å². The zero-order valence-corrected chi connectivity index (χ0v) is 20.7. The molecule has 0 saturated carbocycles. The number of carboxylic acids is 1. The average molecular weight is 483 g/mol. The van der Waals surface area contributed by atoms with Gasteiger partial charge >= 0.3 is 11.9 Å². The van der Waals surface area contributed by atoms with E-state index >= 15 is 0 Å². The van der Waals surface area contributed by atoms with Gasteiger partial charge in [-0.25, -0.2) is 9.59 Å². The van der Waals surface area contributed by atoms with Crippen molar-refractivity contribution < 1.29 is 34.0 Å². The Hall–Kier alpha value is -3.58. The number of ether oxygens (including phenoxy) is 3. The number of aliphatic hydroxyl groups is 1. The SMILES string of the molecule is C=CC(=O)OCC(O)COc1ccc(C(C)(C(C(=O)O)=C(C)C)c2ccc(OCCC)cc2)cc1. The maximum Gasteiger partial charge on any atom is 0.332 e. The van der Waals surface area contributed by atoms with E-state index in [-0.39, 0.29) is 18.8 Å². The average Bonchev–Trinajstić information content (AvgIpc) is 2.84. The molecule has 0 fully saturated rings. The van der Waals surface area contributed by atoms with Gasteiger partial charge < -0.3 is 24.4 Å². The molecule has 2 aromatic carbocycles. The summed E-state index contributed by atoms with van der Waals surface area (Å²) in [5.41, 5.74) is 1.63. The normalized spacial score (nSPS) is 13.2. The first-order valence-electron chi connectivity index (χ1n) is 11.5. The lowest BCUT2D eigenvalue weighted by molar-refractivity contribution is -0.141. The molecule has 7 nitrogen and oxygen atoms in total. The fraction of sp³-hybridized carbons (Fsp3) is 0.357.